The molecule has 31 heavy (non-hydrogen) atoms. The van der Waals surface area contributed by atoms with Crippen LogP contribution in [0.1, 0.15) is 31.7 Å². The summed E-state index contributed by atoms with van der Waals surface area (Å²) in [7, 11) is 0. The number of aromatic nitrogens is 4. The molecule has 9 heteroatoms. The Labute approximate surface area is 176 Å². The summed E-state index contributed by atoms with van der Waals surface area (Å²) in [6.45, 7) is 2.58. The van der Waals surface area contributed by atoms with Gasteiger partial charge in [-0.05, 0) is 62.6 Å². The van der Waals surface area contributed by atoms with E-state index >= 15 is 0 Å². The number of benzene rings is 2. The average Bonchev–Trinajstić information content (AvgIpc) is 3.42. The molecule has 0 bridgehead atoms. The van der Waals surface area contributed by atoms with Crippen LogP contribution < -0.4 is 4.90 Å². The summed E-state index contributed by atoms with van der Waals surface area (Å²) in [5.41, 5.74) is 2.04. The maximum atomic E-state index is 13.9. The largest absolute Gasteiger partial charge is 0.418 e. The van der Waals surface area contributed by atoms with Crippen LogP contribution in [0.5, 0.6) is 0 Å². The Hall–Kier alpha value is -3.36. The van der Waals surface area contributed by atoms with Crippen molar-refractivity contribution >= 4 is 16.7 Å². The standard InChI is InChI=1S/C22H20F3N5O/c1-13-4-2-3-9-30(13)19-8-6-15(10-16(19)22(23,24)25)21-28-20(29-31-21)14-5-7-17-18(11-14)27-12-26-17/h5-8,10-13H,2-4,9H2,1H3,(H,26,27)/t13-/m0/s1. The van der Waals surface area contributed by atoms with Crippen LogP contribution in [0.15, 0.2) is 47.2 Å². The number of H-pyrrole nitrogens is 1. The normalized spacial score (nSPS) is 17.4. The summed E-state index contributed by atoms with van der Waals surface area (Å²) >= 11 is 0. The molecule has 4 aromatic rings. The second-order valence-electron chi connectivity index (χ2n) is 7.83. The highest BCUT2D eigenvalue weighted by Gasteiger charge is 2.37. The number of aromatic amines is 1. The molecule has 0 spiro atoms. The fourth-order valence-corrected chi connectivity index (χ4v) is 4.14. The van der Waals surface area contributed by atoms with Crippen molar-refractivity contribution in [2.45, 2.75) is 38.4 Å². The summed E-state index contributed by atoms with van der Waals surface area (Å²) in [5.74, 6) is 0.345. The number of nitrogens with one attached hydrogen (secondary N) is 1. The van der Waals surface area contributed by atoms with Crippen LogP contribution in [0, 0.1) is 0 Å². The zero-order valence-electron chi connectivity index (χ0n) is 16.8. The van der Waals surface area contributed by atoms with Gasteiger partial charge in [0, 0.05) is 29.4 Å². The lowest BCUT2D eigenvalue weighted by Crippen LogP contribution is -2.38. The number of halogens is 3. The van der Waals surface area contributed by atoms with E-state index in [1.807, 2.05) is 24.0 Å². The van der Waals surface area contributed by atoms with Crippen molar-refractivity contribution in [1.82, 2.24) is 20.1 Å². The van der Waals surface area contributed by atoms with Crippen molar-refractivity contribution in [3.05, 3.63) is 48.3 Å². The molecular formula is C22H20F3N5O. The first kappa shape index (κ1) is 19.6. The van der Waals surface area contributed by atoms with E-state index < -0.39 is 11.7 Å². The third-order valence-corrected chi connectivity index (χ3v) is 5.77. The van der Waals surface area contributed by atoms with Gasteiger partial charge in [0.05, 0.1) is 22.9 Å². The smallest absolute Gasteiger partial charge is 0.368 e. The molecule has 5 rings (SSSR count). The van der Waals surface area contributed by atoms with Gasteiger partial charge < -0.3 is 14.4 Å². The number of fused-ring (bicyclic) bond motifs is 1. The van der Waals surface area contributed by atoms with E-state index in [0.717, 1.165) is 36.4 Å². The van der Waals surface area contributed by atoms with Crippen LogP contribution in [-0.4, -0.2) is 32.7 Å². The number of nitrogens with zero attached hydrogens (tertiary/aromatic N) is 4. The maximum absolute atomic E-state index is 13.9. The Bertz CT molecular complexity index is 1230. The Kier molecular flexibility index (Phi) is 4.68. The van der Waals surface area contributed by atoms with Crippen molar-refractivity contribution in [3.8, 4) is 22.8 Å². The van der Waals surface area contributed by atoms with Crippen molar-refractivity contribution < 1.29 is 17.7 Å². The minimum Gasteiger partial charge on any atom is -0.368 e. The van der Waals surface area contributed by atoms with E-state index in [1.165, 1.54) is 6.07 Å². The predicted molar refractivity (Wildman–Crippen MR) is 110 cm³/mol. The Balaban J connectivity index is 1.52. The van der Waals surface area contributed by atoms with Crippen LogP contribution in [0.4, 0.5) is 18.9 Å². The number of hydrogen-bond donors (Lipinski definition) is 1. The van der Waals surface area contributed by atoms with Gasteiger partial charge in [-0.2, -0.15) is 18.2 Å². The van der Waals surface area contributed by atoms with Gasteiger partial charge in [0.2, 0.25) is 5.82 Å². The first-order valence-electron chi connectivity index (χ1n) is 10.2. The third kappa shape index (κ3) is 3.64. The summed E-state index contributed by atoms with van der Waals surface area (Å²) in [6, 6.07) is 9.72. The van der Waals surface area contributed by atoms with Crippen molar-refractivity contribution in [2.75, 3.05) is 11.4 Å². The van der Waals surface area contributed by atoms with Crippen LogP contribution in [0.3, 0.4) is 0 Å². The van der Waals surface area contributed by atoms with E-state index in [1.54, 1.807) is 18.5 Å². The summed E-state index contributed by atoms with van der Waals surface area (Å²) in [4.78, 5) is 13.3. The number of alkyl halides is 3. The van der Waals surface area contributed by atoms with Gasteiger partial charge in [0.15, 0.2) is 0 Å². The lowest BCUT2D eigenvalue weighted by Gasteiger charge is -2.37. The highest BCUT2D eigenvalue weighted by atomic mass is 19.4. The molecule has 1 aliphatic heterocycles. The summed E-state index contributed by atoms with van der Waals surface area (Å²) in [5, 5.41) is 3.96. The minimum absolute atomic E-state index is 0.0449. The summed E-state index contributed by atoms with van der Waals surface area (Å²) < 4.78 is 47.0. The van der Waals surface area contributed by atoms with E-state index in [0.29, 0.717) is 17.9 Å². The molecular weight excluding hydrogens is 407 g/mol. The van der Waals surface area contributed by atoms with Crippen LogP contribution in [-0.2, 0) is 6.18 Å². The van der Waals surface area contributed by atoms with Crippen molar-refractivity contribution in [2.24, 2.45) is 0 Å². The van der Waals surface area contributed by atoms with Gasteiger partial charge in [-0.3, -0.25) is 0 Å². The quantitative estimate of drug-likeness (QED) is 0.456. The average molecular weight is 427 g/mol. The molecule has 1 saturated heterocycles. The van der Waals surface area contributed by atoms with Gasteiger partial charge in [0.1, 0.15) is 0 Å². The van der Waals surface area contributed by atoms with E-state index in [4.69, 9.17) is 4.52 Å². The molecule has 2 aromatic carbocycles. The molecule has 3 heterocycles. The number of imidazole rings is 1. The first-order valence-corrected chi connectivity index (χ1v) is 10.2. The molecule has 0 amide bonds. The van der Waals surface area contributed by atoms with Gasteiger partial charge >= 0.3 is 6.18 Å². The van der Waals surface area contributed by atoms with Gasteiger partial charge in [-0.25, -0.2) is 4.98 Å². The monoisotopic (exact) mass is 427 g/mol. The number of anilines is 1. The van der Waals surface area contributed by atoms with Crippen LogP contribution in [0.25, 0.3) is 33.9 Å². The number of piperidine rings is 1. The topological polar surface area (TPSA) is 70.8 Å². The van der Waals surface area contributed by atoms with Crippen molar-refractivity contribution in [1.29, 1.82) is 0 Å². The van der Waals surface area contributed by atoms with E-state index in [9.17, 15) is 13.2 Å². The molecule has 2 aromatic heterocycles. The molecule has 0 saturated carbocycles. The maximum Gasteiger partial charge on any atom is 0.418 e. The molecule has 0 aliphatic carbocycles. The Morgan fingerprint density at radius 1 is 1.10 bits per heavy atom. The molecule has 1 atom stereocenters. The van der Waals surface area contributed by atoms with Crippen LogP contribution >= 0.6 is 0 Å². The predicted octanol–water partition coefficient (Wildman–Crippen LogP) is 5.68. The third-order valence-electron chi connectivity index (χ3n) is 5.77. The Morgan fingerprint density at radius 2 is 1.94 bits per heavy atom. The van der Waals surface area contributed by atoms with E-state index in [-0.39, 0.29) is 23.2 Å². The lowest BCUT2D eigenvalue weighted by atomic mass is 9.99. The second kappa shape index (κ2) is 7.40. The summed E-state index contributed by atoms with van der Waals surface area (Å²) in [6.07, 6.45) is -0.105. The molecule has 160 valence electrons. The highest BCUT2D eigenvalue weighted by molar-refractivity contribution is 5.80. The molecule has 1 fully saturated rings. The highest BCUT2D eigenvalue weighted by Crippen LogP contribution is 2.41. The molecule has 0 unspecified atom stereocenters. The van der Waals surface area contributed by atoms with Crippen molar-refractivity contribution in [3.63, 3.8) is 0 Å². The second-order valence-corrected chi connectivity index (χ2v) is 7.83. The van der Waals surface area contributed by atoms with Gasteiger partial charge in [0.25, 0.3) is 5.89 Å². The molecule has 6 nitrogen and oxygen atoms in total. The molecule has 0 radical (unpaired) electrons. The fourth-order valence-electron chi connectivity index (χ4n) is 4.14. The number of rotatable bonds is 3. The zero-order valence-corrected chi connectivity index (χ0v) is 16.8. The Morgan fingerprint density at radius 3 is 2.74 bits per heavy atom. The van der Waals surface area contributed by atoms with Crippen LogP contribution in [0.2, 0.25) is 0 Å². The number of hydrogen-bond acceptors (Lipinski definition) is 5. The SMILES string of the molecule is C[C@H]1CCCCN1c1ccc(-c2nc(-c3ccc4nc[nH]c4c3)no2)cc1C(F)(F)F. The molecule has 1 aliphatic rings. The van der Waals surface area contributed by atoms with E-state index in [2.05, 4.69) is 20.1 Å². The first-order chi connectivity index (χ1) is 14.9. The lowest BCUT2D eigenvalue weighted by molar-refractivity contribution is -0.137. The fraction of sp³-hybridized carbons (Fsp3) is 0.318. The minimum atomic E-state index is -4.49. The van der Waals surface area contributed by atoms with Gasteiger partial charge in [-0.15, -0.1) is 0 Å². The molecule has 1 N–H and O–H groups in total. The zero-order chi connectivity index (χ0) is 21.6. The van der Waals surface area contributed by atoms with Gasteiger partial charge in [-0.1, -0.05) is 5.16 Å².